The molecule has 0 N–H and O–H groups in total. The average Bonchev–Trinajstić information content (AvgIpc) is 1.88. The third kappa shape index (κ3) is 1.55. The number of hydrogen-bond acceptors (Lipinski definition) is 1. The maximum atomic E-state index is 5.80. The molecular formula is C7H6ClIO. The van der Waals surface area contributed by atoms with Gasteiger partial charge in [0.25, 0.3) is 0 Å². The van der Waals surface area contributed by atoms with Gasteiger partial charge in [-0.1, -0.05) is 17.7 Å². The maximum absolute atomic E-state index is 5.80. The summed E-state index contributed by atoms with van der Waals surface area (Å²) in [6, 6.07) is 5.65. The van der Waals surface area contributed by atoms with E-state index in [9.17, 15) is 0 Å². The lowest BCUT2D eigenvalue weighted by atomic mass is 10.3. The zero-order valence-electron chi connectivity index (χ0n) is 5.40. The first-order valence-electron chi connectivity index (χ1n) is 2.73. The summed E-state index contributed by atoms with van der Waals surface area (Å²) in [6.45, 7) is 0. The molecule has 0 aromatic heterocycles. The number of ether oxygens (including phenoxy) is 1. The molecule has 0 bridgehead atoms. The molecule has 1 aromatic carbocycles. The molecule has 0 saturated carbocycles. The fraction of sp³-hybridized carbons (Fsp3) is 0.143. The van der Waals surface area contributed by atoms with Crippen LogP contribution in [0.3, 0.4) is 0 Å². The van der Waals surface area contributed by atoms with Crippen LogP contribution in [0.2, 0.25) is 5.02 Å². The molecule has 0 radical (unpaired) electrons. The van der Waals surface area contributed by atoms with Crippen LogP contribution in [-0.4, -0.2) is 7.11 Å². The second-order valence-corrected chi connectivity index (χ2v) is 3.32. The molecule has 0 aliphatic rings. The fourth-order valence-corrected chi connectivity index (χ4v) is 1.81. The third-order valence-electron chi connectivity index (χ3n) is 1.12. The van der Waals surface area contributed by atoms with Crippen molar-refractivity contribution in [3.63, 3.8) is 0 Å². The van der Waals surface area contributed by atoms with Crippen molar-refractivity contribution in [2.24, 2.45) is 0 Å². The Kier molecular flexibility index (Phi) is 2.80. The van der Waals surface area contributed by atoms with E-state index in [2.05, 4.69) is 22.6 Å². The molecule has 0 aliphatic heterocycles. The van der Waals surface area contributed by atoms with Crippen molar-refractivity contribution in [1.82, 2.24) is 0 Å². The molecule has 0 atom stereocenters. The van der Waals surface area contributed by atoms with Gasteiger partial charge in [0.15, 0.2) is 5.75 Å². The molecule has 0 heterocycles. The van der Waals surface area contributed by atoms with Crippen molar-refractivity contribution >= 4 is 34.2 Å². The quantitative estimate of drug-likeness (QED) is 0.712. The van der Waals surface area contributed by atoms with Gasteiger partial charge in [0.1, 0.15) is 0 Å². The lowest BCUT2D eigenvalue weighted by Gasteiger charge is -2.03. The van der Waals surface area contributed by atoms with Crippen LogP contribution in [-0.2, 0) is 0 Å². The van der Waals surface area contributed by atoms with Gasteiger partial charge < -0.3 is 4.74 Å². The zero-order chi connectivity index (χ0) is 7.56. The van der Waals surface area contributed by atoms with E-state index < -0.39 is 0 Å². The number of benzene rings is 1. The highest BCUT2D eigenvalue weighted by Gasteiger charge is 2.02. The molecule has 0 fully saturated rings. The second kappa shape index (κ2) is 3.44. The van der Waals surface area contributed by atoms with Crippen LogP contribution in [0, 0.1) is 3.57 Å². The summed E-state index contributed by atoms with van der Waals surface area (Å²) in [4.78, 5) is 0. The Morgan fingerprint density at radius 3 is 2.60 bits per heavy atom. The topological polar surface area (TPSA) is 9.23 Å². The molecule has 1 nitrogen and oxygen atoms in total. The molecular weight excluding hydrogens is 262 g/mol. The summed E-state index contributed by atoms with van der Waals surface area (Å²) in [5.41, 5.74) is 0. The minimum atomic E-state index is 0.661. The van der Waals surface area contributed by atoms with Crippen molar-refractivity contribution in [2.45, 2.75) is 0 Å². The van der Waals surface area contributed by atoms with E-state index in [1.807, 2.05) is 18.2 Å². The number of halogens is 2. The molecule has 54 valence electrons. The Labute approximate surface area is 78.5 Å². The van der Waals surface area contributed by atoms with Gasteiger partial charge in [0, 0.05) is 0 Å². The van der Waals surface area contributed by atoms with Gasteiger partial charge in [-0.3, -0.25) is 0 Å². The average molecular weight is 268 g/mol. The van der Waals surface area contributed by atoms with Crippen molar-refractivity contribution in [1.29, 1.82) is 0 Å². The largest absolute Gasteiger partial charge is 0.494 e. The number of para-hydroxylation sites is 1. The van der Waals surface area contributed by atoms with Gasteiger partial charge in [0.2, 0.25) is 0 Å². The summed E-state index contributed by atoms with van der Waals surface area (Å²) >= 11 is 7.98. The van der Waals surface area contributed by atoms with E-state index >= 15 is 0 Å². The minimum absolute atomic E-state index is 0.661. The predicted molar refractivity (Wildman–Crippen MR) is 50.7 cm³/mol. The molecule has 0 spiro atoms. The molecule has 10 heavy (non-hydrogen) atoms. The Balaban J connectivity index is 3.17. The predicted octanol–water partition coefficient (Wildman–Crippen LogP) is 2.95. The summed E-state index contributed by atoms with van der Waals surface area (Å²) in [6.07, 6.45) is 0. The van der Waals surface area contributed by atoms with Gasteiger partial charge in [-0.05, 0) is 34.7 Å². The molecule has 1 rings (SSSR count). The van der Waals surface area contributed by atoms with E-state index in [1.54, 1.807) is 7.11 Å². The summed E-state index contributed by atoms with van der Waals surface area (Å²) < 4.78 is 6.07. The van der Waals surface area contributed by atoms with Gasteiger partial charge >= 0.3 is 0 Å². The van der Waals surface area contributed by atoms with Crippen LogP contribution in [0.25, 0.3) is 0 Å². The normalized spacial score (nSPS) is 9.50. The van der Waals surface area contributed by atoms with Crippen molar-refractivity contribution in [3.05, 3.63) is 26.8 Å². The Hall–Kier alpha value is 0.0400. The third-order valence-corrected chi connectivity index (χ3v) is 2.27. The smallest absolute Gasteiger partial charge is 0.150 e. The van der Waals surface area contributed by atoms with Crippen LogP contribution < -0.4 is 4.74 Å². The van der Waals surface area contributed by atoms with Crippen LogP contribution >= 0.6 is 34.2 Å². The van der Waals surface area contributed by atoms with E-state index in [4.69, 9.17) is 16.3 Å². The van der Waals surface area contributed by atoms with Gasteiger partial charge in [-0.15, -0.1) is 0 Å². The fourth-order valence-electron chi connectivity index (χ4n) is 0.678. The van der Waals surface area contributed by atoms with Crippen LogP contribution in [0.4, 0.5) is 0 Å². The first-order valence-corrected chi connectivity index (χ1v) is 4.19. The second-order valence-electron chi connectivity index (χ2n) is 1.75. The number of hydrogen-bond donors (Lipinski definition) is 0. The van der Waals surface area contributed by atoms with Gasteiger partial charge in [-0.25, -0.2) is 0 Å². The van der Waals surface area contributed by atoms with Gasteiger partial charge in [0.05, 0.1) is 15.7 Å². The molecule has 1 aromatic rings. The lowest BCUT2D eigenvalue weighted by Crippen LogP contribution is -1.86. The SMILES string of the molecule is COc1c(Cl)cccc1I. The number of methoxy groups -OCH3 is 1. The first kappa shape index (κ1) is 8.14. The summed E-state index contributed by atoms with van der Waals surface area (Å²) in [5.74, 6) is 0.754. The van der Waals surface area contributed by atoms with E-state index in [1.165, 1.54) is 0 Å². The van der Waals surface area contributed by atoms with Crippen LogP contribution in [0.1, 0.15) is 0 Å². The van der Waals surface area contributed by atoms with Crippen molar-refractivity contribution in [3.8, 4) is 5.75 Å². The van der Waals surface area contributed by atoms with Crippen LogP contribution in [0.5, 0.6) is 5.75 Å². The van der Waals surface area contributed by atoms with E-state index in [0.29, 0.717) is 5.02 Å². The minimum Gasteiger partial charge on any atom is -0.494 e. The molecule has 0 saturated heterocycles. The standard InChI is InChI=1S/C7H6ClIO/c1-10-7-5(8)3-2-4-6(7)9/h2-4H,1H3. The van der Waals surface area contributed by atoms with E-state index in [0.717, 1.165) is 9.32 Å². The highest BCUT2D eigenvalue weighted by atomic mass is 127. The van der Waals surface area contributed by atoms with Crippen molar-refractivity contribution < 1.29 is 4.74 Å². The zero-order valence-corrected chi connectivity index (χ0v) is 8.31. The Morgan fingerprint density at radius 1 is 1.50 bits per heavy atom. The van der Waals surface area contributed by atoms with E-state index in [-0.39, 0.29) is 0 Å². The highest BCUT2D eigenvalue weighted by Crippen LogP contribution is 2.28. The van der Waals surface area contributed by atoms with Gasteiger partial charge in [-0.2, -0.15) is 0 Å². The molecule has 0 aliphatic carbocycles. The highest BCUT2D eigenvalue weighted by molar-refractivity contribution is 14.1. The van der Waals surface area contributed by atoms with Crippen molar-refractivity contribution in [2.75, 3.05) is 7.11 Å². The number of rotatable bonds is 1. The molecule has 0 amide bonds. The Bertz CT molecular complexity index is 217. The summed E-state index contributed by atoms with van der Waals surface area (Å²) in [5, 5.41) is 0.661. The monoisotopic (exact) mass is 268 g/mol. The maximum Gasteiger partial charge on any atom is 0.150 e. The summed E-state index contributed by atoms with van der Waals surface area (Å²) in [7, 11) is 1.61. The Morgan fingerprint density at radius 2 is 2.20 bits per heavy atom. The first-order chi connectivity index (χ1) is 4.75. The lowest BCUT2D eigenvalue weighted by molar-refractivity contribution is 0.412. The molecule has 0 unspecified atom stereocenters. The van der Waals surface area contributed by atoms with Crippen LogP contribution in [0.15, 0.2) is 18.2 Å². The molecule has 3 heteroatoms.